The molecule has 3 aromatic rings. The Morgan fingerprint density at radius 2 is 1.80 bits per heavy atom. The van der Waals surface area contributed by atoms with Crippen molar-refractivity contribution in [2.45, 2.75) is 39.3 Å². The molecule has 3 rings (SSSR count). The average molecular weight is 427 g/mol. The van der Waals surface area contributed by atoms with E-state index >= 15 is 0 Å². The highest BCUT2D eigenvalue weighted by molar-refractivity contribution is 7.09. The number of amides is 1. The fourth-order valence-electron chi connectivity index (χ4n) is 3.00. The Morgan fingerprint density at radius 3 is 2.40 bits per heavy atom. The number of aromatic nitrogens is 1. The number of ether oxygens (including phenoxy) is 1. The number of hydrogen-bond acceptors (Lipinski definition) is 5. The van der Waals surface area contributed by atoms with E-state index < -0.39 is 5.60 Å². The van der Waals surface area contributed by atoms with Gasteiger partial charge in [-0.1, -0.05) is 53.8 Å². The third-order valence-electron chi connectivity index (χ3n) is 4.40. The van der Waals surface area contributed by atoms with Crippen LogP contribution in [0, 0.1) is 0 Å². The standard InChI is InChI=1S/C23H26N2O4S/c1-23(2,3)29-22(28)25(4)14-16-6-5-7-18(12-16)17-10-8-15(9-11-17)13-19-20(26)24-21(27)30-19/h5-12,26H,13-14H2,1-4H3,(H,24,27). The molecule has 0 radical (unpaired) electrons. The Morgan fingerprint density at radius 1 is 1.10 bits per heavy atom. The largest absolute Gasteiger partial charge is 0.494 e. The van der Waals surface area contributed by atoms with Gasteiger partial charge in [0.1, 0.15) is 5.60 Å². The van der Waals surface area contributed by atoms with E-state index in [0.717, 1.165) is 33.6 Å². The second kappa shape index (κ2) is 8.75. The lowest BCUT2D eigenvalue weighted by atomic mass is 10.0. The first-order valence-electron chi connectivity index (χ1n) is 9.64. The summed E-state index contributed by atoms with van der Waals surface area (Å²) in [7, 11) is 1.72. The summed E-state index contributed by atoms with van der Waals surface area (Å²) >= 11 is 1.02. The fraction of sp³-hybridized carbons (Fsp3) is 0.304. The molecule has 0 aliphatic carbocycles. The lowest BCUT2D eigenvalue weighted by Gasteiger charge is -2.24. The molecule has 30 heavy (non-hydrogen) atoms. The second-order valence-corrected chi connectivity index (χ2v) is 9.26. The predicted octanol–water partition coefficient (Wildman–Crippen LogP) is 4.77. The van der Waals surface area contributed by atoms with Crippen LogP contribution < -0.4 is 4.87 Å². The first kappa shape index (κ1) is 21.6. The van der Waals surface area contributed by atoms with Crippen LogP contribution >= 0.6 is 11.3 Å². The van der Waals surface area contributed by atoms with Crippen LogP contribution in [0.2, 0.25) is 0 Å². The summed E-state index contributed by atoms with van der Waals surface area (Å²) in [5, 5.41) is 9.75. The number of carbonyl (C=O) groups is 1. The summed E-state index contributed by atoms with van der Waals surface area (Å²) in [5.41, 5.74) is 3.58. The second-order valence-electron chi connectivity index (χ2n) is 8.20. The fourth-order valence-corrected chi connectivity index (χ4v) is 3.76. The van der Waals surface area contributed by atoms with Crippen LogP contribution in [0.4, 0.5) is 4.79 Å². The molecule has 0 spiro atoms. The molecule has 0 atom stereocenters. The molecule has 0 fully saturated rings. The third kappa shape index (κ3) is 5.73. The maximum Gasteiger partial charge on any atom is 0.410 e. The van der Waals surface area contributed by atoms with E-state index in [-0.39, 0.29) is 16.8 Å². The lowest BCUT2D eigenvalue weighted by molar-refractivity contribution is 0.0285. The minimum atomic E-state index is -0.526. The number of rotatable bonds is 5. The number of H-pyrrole nitrogens is 1. The Labute approximate surface area is 179 Å². The molecule has 7 heteroatoms. The SMILES string of the molecule is CN(Cc1cccc(-c2ccc(Cc3sc(=O)[nH]c3O)cc2)c1)C(=O)OC(C)(C)C. The number of aromatic hydroxyl groups is 1. The molecule has 158 valence electrons. The van der Waals surface area contributed by atoms with Gasteiger partial charge in [0.25, 0.3) is 0 Å². The average Bonchev–Trinajstić information content (AvgIpc) is 2.98. The van der Waals surface area contributed by atoms with Crippen molar-refractivity contribution in [3.63, 3.8) is 0 Å². The van der Waals surface area contributed by atoms with Gasteiger partial charge in [0, 0.05) is 20.0 Å². The molecule has 0 aliphatic heterocycles. The van der Waals surface area contributed by atoms with Crippen molar-refractivity contribution < 1.29 is 14.6 Å². The van der Waals surface area contributed by atoms with Gasteiger partial charge in [-0.2, -0.15) is 0 Å². The van der Waals surface area contributed by atoms with Gasteiger partial charge in [0.05, 0.1) is 4.88 Å². The van der Waals surface area contributed by atoms with E-state index in [0.29, 0.717) is 17.8 Å². The minimum Gasteiger partial charge on any atom is -0.494 e. The van der Waals surface area contributed by atoms with Crippen LogP contribution in [0.25, 0.3) is 11.1 Å². The monoisotopic (exact) mass is 426 g/mol. The smallest absolute Gasteiger partial charge is 0.410 e. The van der Waals surface area contributed by atoms with Crippen LogP contribution in [0.15, 0.2) is 53.3 Å². The molecule has 1 amide bonds. The zero-order chi connectivity index (χ0) is 21.9. The highest BCUT2D eigenvalue weighted by atomic mass is 32.1. The number of carbonyl (C=O) groups excluding carboxylic acids is 1. The van der Waals surface area contributed by atoms with Crippen molar-refractivity contribution in [1.82, 2.24) is 9.88 Å². The van der Waals surface area contributed by atoms with Gasteiger partial charge < -0.3 is 14.7 Å². The Hall–Kier alpha value is -3.06. The number of aromatic amines is 1. The Bertz CT molecular complexity index is 1080. The van der Waals surface area contributed by atoms with Crippen LogP contribution in [0.3, 0.4) is 0 Å². The molecule has 0 aliphatic rings. The molecule has 6 nitrogen and oxygen atoms in total. The van der Waals surface area contributed by atoms with Gasteiger partial charge >= 0.3 is 11.0 Å². The van der Waals surface area contributed by atoms with Crippen molar-refractivity contribution in [2.24, 2.45) is 0 Å². The highest BCUT2D eigenvalue weighted by Gasteiger charge is 2.19. The molecule has 2 N–H and O–H groups in total. The summed E-state index contributed by atoms with van der Waals surface area (Å²) in [6, 6.07) is 16.0. The van der Waals surface area contributed by atoms with Crippen LogP contribution in [-0.2, 0) is 17.7 Å². The Balaban J connectivity index is 1.70. The number of benzene rings is 2. The van der Waals surface area contributed by atoms with Crippen molar-refractivity contribution in [3.8, 4) is 17.0 Å². The predicted molar refractivity (Wildman–Crippen MR) is 119 cm³/mol. The van der Waals surface area contributed by atoms with Gasteiger partial charge in [-0.25, -0.2) is 4.79 Å². The van der Waals surface area contributed by atoms with Crippen molar-refractivity contribution in [2.75, 3.05) is 7.05 Å². The molecule has 0 saturated carbocycles. The molecule has 0 unspecified atom stereocenters. The van der Waals surface area contributed by atoms with Gasteiger partial charge in [0.15, 0.2) is 0 Å². The number of nitrogens with zero attached hydrogens (tertiary/aromatic N) is 1. The summed E-state index contributed by atoms with van der Waals surface area (Å²) in [4.78, 5) is 27.8. The van der Waals surface area contributed by atoms with Crippen molar-refractivity contribution in [3.05, 3.63) is 74.2 Å². The zero-order valence-electron chi connectivity index (χ0n) is 17.6. The zero-order valence-corrected chi connectivity index (χ0v) is 18.4. The van der Waals surface area contributed by atoms with Gasteiger partial charge in [-0.3, -0.25) is 9.78 Å². The lowest BCUT2D eigenvalue weighted by Crippen LogP contribution is -2.33. The van der Waals surface area contributed by atoms with Gasteiger partial charge in [-0.15, -0.1) is 0 Å². The van der Waals surface area contributed by atoms with E-state index in [9.17, 15) is 14.7 Å². The van der Waals surface area contributed by atoms with E-state index in [1.54, 1.807) is 11.9 Å². The third-order valence-corrected chi connectivity index (χ3v) is 5.28. The van der Waals surface area contributed by atoms with E-state index in [2.05, 4.69) is 11.1 Å². The van der Waals surface area contributed by atoms with Crippen LogP contribution in [-0.4, -0.2) is 33.7 Å². The molecule has 0 bridgehead atoms. The summed E-state index contributed by atoms with van der Waals surface area (Å²) in [6.07, 6.45) is 0.142. The molecule has 1 heterocycles. The summed E-state index contributed by atoms with van der Waals surface area (Å²) in [6.45, 7) is 5.99. The van der Waals surface area contributed by atoms with Crippen molar-refractivity contribution in [1.29, 1.82) is 0 Å². The first-order chi connectivity index (χ1) is 14.1. The number of nitrogens with one attached hydrogen (secondary N) is 1. The maximum absolute atomic E-state index is 12.2. The Kier molecular flexibility index (Phi) is 6.31. The number of thiazole rings is 1. The van der Waals surface area contributed by atoms with E-state index in [4.69, 9.17) is 4.74 Å². The molecule has 0 saturated heterocycles. The van der Waals surface area contributed by atoms with E-state index in [1.165, 1.54) is 0 Å². The van der Waals surface area contributed by atoms with Gasteiger partial charge in [-0.05, 0) is 49.1 Å². The molecule has 1 aromatic heterocycles. The highest BCUT2D eigenvalue weighted by Crippen LogP contribution is 2.25. The van der Waals surface area contributed by atoms with Crippen molar-refractivity contribution >= 4 is 17.4 Å². The molecule has 2 aromatic carbocycles. The number of hydrogen-bond donors (Lipinski definition) is 2. The van der Waals surface area contributed by atoms with E-state index in [1.807, 2.05) is 63.2 Å². The first-order valence-corrected chi connectivity index (χ1v) is 10.5. The molecular formula is C23H26N2O4S. The maximum atomic E-state index is 12.2. The normalized spacial score (nSPS) is 11.3. The van der Waals surface area contributed by atoms with Crippen LogP contribution in [0.5, 0.6) is 5.88 Å². The topological polar surface area (TPSA) is 82.6 Å². The minimum absolute atomic E-state index is 0.0594. The quantitative estimate of drug-likeness (QED) is 0.616. The summed E-state index contributed by atoms with van der Waals surface area (Å²) < 4.78 is 5.41. The van der Waals surface area contributed by atoms with Gasteiger partial charge in [0.2, 0.25) is 5.88 Å². The molecular weight excluding hydrogens is 400 g/mol. The summed E-state index contributed by atoms with van der Waals surface area (Å²) in [5.74, 6) is -0.0594. The van der Waals surface area contributed by atoms with Crippen LogP contribution in [0.1, 0.15) is 36.8 Å².